The Morgan fingerprint density at radius 3 is 2.50 bits per heavy atom. The number of carbonyl (C=O) groups is 1. The molecule has 0 bridgehead atoms. The molecule has 1 aromatic carbocycles. The van der Waals surface area contributed by atoms with E-state index in [1.807, 2.05) is 6.07 Å². The third-order valence-electron chi connectivity index (χ3n) is 5.31. The lowest BCUT2D eigenvalue weighted by molar-refractivity contribution is -0.137. The Morgan fingerprint density at radius 2 is 1.90 bits per heavy atom. The molecule has 0 unspecified atom stereocenters. The first-order valence-electron chi connectivity index (χ1n) is 9.74. The van der Waals surface area contributed by atoms with E-state index in [0.717, 1.165) is 49.7 Å². The van der Waals surface area contributed by atoms with Gasteiger partial charge in [0.2, 0.25) is 0 Å². The van der Waals surface area contributed by atoms with E-state index in [1.165, 1.54) is 12.1 Å². The molecule has 2 aromatic rings. The molecule has 0 saturated heterocycles. The smallest absolute Gasteiger partial charge is 0.392 e. The molecule has 0 spiro atoms. The van der Waals surface area contributed by atoms with Crippen LogP contribution in [-0.4, -0.2) is 28.6 Å². The molecule has 1 heterocycles. The van der Waals surface area contributed by atoms with E-state index in [-0.39, 0.29) is 18.2 Å². The van der Waals surface area contributed by atoms with Crippen molar-refractivity contribution in [3.8, 4) is 0 Å². The SMILES string of the molecule is O=C(NC1CCC(CNc2ccc(CO)cn2)CC1)c1cccc(C(F)(F)F)c1Cl. The Morgan fingerprint density at radius 1 is 1.17 bits per heavy atom. The van der Waals surface area contributed by atoms with E-state index in [2.05, 4.69) is 15.6 Å². The summed E-state index contributed by atoms with van der Waals surface area (Å²) in [6, 6.07) is 6.88. The fourth-order valence-corrected chi connectivity index (χ4v) is 3.89. The number of nitrogens with one attached hydrogen (secondary N) is 2. The first-order valence-corrected chi connectivity index (χ1v) is 10.1. The molecule has 3 N–H and O–H groups in total. The number of pyridine rings is 1. The minimum Gasteiger partial charge on any atom is -0.392 e. The third-order valence-corrected chi connectivity index (χ3v) is 5.72. The number of hydrogen-bond acceptors (Lipinski definition) is 4. The van der Waals surface area contributed by atoms with Crippen molar-refractivity contribution in [1.82, 2.24) is 10.3 Å². The molecule has 1 amide bonds. The average Bonchev–Trinajstić information content (AvgIpc) is 2.73. The number of benzene rings is 1. The highest BCUT2D eigenvalue weighted by molar-refractivity contribution is 6.34. The lowest BCUT2D eigenvalue weighted by Crippen LogP contribution is -2.38. The Kier molecular flexibility index (Phi) is 7.20. The van der Waals surface area contributed by atoms with E-state index in [0.29, 0.717) is 5.92 Å². The third kappa shape index (κ3) is 5.64. The molecule has 1 aromatic heterocycles. The number of aliphatic hydroxyl groups excluding tert-OH is 1. The minimum absolute atomic E-state index is 0.0469. The summed E-state index contributed by atoms with van der Waals surface area (Å²) in [5.74, 6) is 0.567. The van der Waals surface area contributed by atoms with Gasteiger partial charge in [0.1, 0.15) is 5.82 Å². The second kappa shape index (κ2) is 9.66. The molecule has 1 aliphatic rings. The average molecular weight is 442 g/mol. The Labute approximate surface area is 177 Å². The second-order valence-corrected chi connectivity index (χ2v) is 7.82. The second-order valence-electron chi connectivity index (χ2n) is 7.45. The normalized spacial score (nSPS) is 19.4. The van der Waals surface area contributed by atoms with Crippen LogP contribution >= 0.6 is 11.6 Å². The van der Waals surface area contributed by atoms with E-state index in [4.69, 9.17) is 16.7 Å². The maximum atomic E-state index is 13.0. The predicted octanol–water partition coefficient (Wildman–Crippen LogP) is 4.65. The zero-order valence-corrected chi connectivity index (χ0v) is 16.9. The van der Waals surface area contributed by atoms with Gasteiger partial charge in [-0.15, -0.1) is 0 Å². The lowest BCUT2D eigenvalue weighted by Gasteiger charge is -2.29. The van der Waals surface area contributed by atoms with Crippen LogP contribution in [0.4, 0.5) is 19.0 Å². The maximum absolute atomic E-state index is 13.0. The zero-order valence-electron chi connectivity index (χ0n) is 16.2. The number of aliphatic hydroxyl groups is 1. The minimum atomic E-state index is -4.61. The van der Waals surface area contributed by atoms with Gasteiger partial charge in [-0.05, 0) is 55.4 Å². The van der Waals surface area contributed by atoms with Crippen molar-refractivity contribution in [2.24, 2.45) is 5.92 Å². The largest absolute Gasteiger partial charge is 0.417 e. The highest BCUT2D eigenvalue weighted by Gasteiger charge is 2.35. The van der Waals surface area contributed by atoms with Gasteiger partial charge in [0.05, 0.1) is 22.8 Å². The standard InChI is InChI=1S/C21H23ClF3N3O2/c22-19-16(2-1-3-17(19)21(23,24)25)20(30)28-15-7-4-13(5-8-15)10-26-18-9-6-14(12-29)11-27-18/h1-3,6,9,11,13,15,29H,4-5,7-8,10,12H2,(H,26,27)(H,28,30). The van der Waals surface area contributed by atoms with Crippen molar-refractivity contribution in [2.75, 3.05) is 11.9 Å². The molecular formula is C21H23ClF3N3O2. The monoisotopic (exact) mass is 441 g/mol. The van der Waals surface area contributed by atoms with Crippen LogP contribution in [0, 0.1) is 5.92 Å². The van der Waals surface area contributed by atoms with Crippen molar-refractivity contribution in [3.63, 3.8) is 0 Å². The van der Waals surface area contributed by atoms with Gasteiger partial charge < -0.3 is 15.7 Å². The number of alkyl halides is 3. The molecule has 30 heavy (non-hydrogen) atoms. The van der Waals surface area contributed by atoms with Gasteiger partial charge in [0, 0.05) is 18.8 Å². The Bertz CT molecular complexity index is 867. The molecule has 1 saturated carbocycles. The van der Waals surface area contributed by atoms with Crippen LogP contribution < -0.4 is 10.6 Å². The van der Waals surface area contributed by atoms with Crippen LogP contribution in [0.2, 0.25) is 5.02 Å². The molecule has 5 nitrogen and oxygen atoms in total. The summed E-state index contributed by atoms with van der Waals surface area (Å²) in [6.45, 7) is 0.695. The van der Waals surface area contributed by atoms with Crippen LogP contribution in [0.5, 0.6) is 0 Å². The van der Waals surface area contributed by atoms with Gasteiger partial charge in [-0.1, -0.05) is 23.7 Å². The Hall–Kier alpha value is -2.32. The van der Waals surface area contributed by atoms with Gasteiger partial charge in [0.25, 0.3) is 5.91 Å². The highest BCUT2D eigenvalue weighted by Crippen LogP contribution is 2.36. The molecule has 162 valence electrons. The van der Waals surface area contributed by atoms with Crippen LogP contribution in [0.3, 0.4) is 0 Å². The number of anilines is 1. The van der Waals surface area contributed by atoms with Crippen molar-refractivity contribution < 1.29 is 23.1 Å². The summed E-state index contributed by atoms with van der Waals surface area (Å²) in [5.41, 5.74) is -0.419. The van der Waals surface area contributed by atoms with Crippen LogP contribution in [-0.2, 0) is 12.8 Å². The van der Waals surface area contributed by atoms with Crippen LogP contribution in [0.1, 0.15) is 47.2 Å². The maximum Gasteiger partial charge on any atom is 0.417 e. The first-order chi connectivity index (χ1) is 14.3. The van der Waals surface area contributed by atoms with Crippen molar-refractivity contribution in [1.29, 1.82) is 0 Å². The summed E-state index contributed by atoms with van der Waals surface area (Å²) in [5, 5.41) is 14.6. The van der Waals surface area contributed by atoms with Gasteiger partial charge in [-0.25, -0.2) is 4.98 Å². The fourth-order valence-electron chi connectivity index (χ4n) is 3.57. The fraction of sp³-hybridized carbons (Fsp3) is 0.429. The molecule has 1 fully saturated rings. The van der Waals surface area contributed by atoms with Crippen LogP contribution in [0.25, 0.3) is 0 Å². The van der Waals surface area contributed by atoms with Gasteiger partial charge >= 0.3 is 6.18 Å². The number of hydrogen-bond donors (Lipinski definition) is 3. The molecule has 9 heteroatoms. The quantitative estimate of drug-likeness (QED) is 0.610. The topological polar surface area (TPSA) is 74.2 Å². The van der Waals surface area contributed by atoms with E-state index in [1.54, 1.807) is 12.3 Å². The Balaban J connectivity index is 1.49. The van der Waals surface area contributed by atoms with Crippen molar-refractivity contribution >= 4 is 23.3 Å². The molecule has 0 atom stereocenters. The van der Waals surface area contributed by atoms with Crippen molar-refractivity contribution in [2.45, 2.75) is 44.5 Å². The van der Waals surface area contributed by atoms with E-state index >= 15 is 0 Å². The van der Waals surface area contributed by atoms with Crippen molar-refractivity contribution in [3.05, 3.63) is 58.2 Å². The van der Waals surface area contributed by atoms with Gasteiger partial charge in [0.15, 0.2) is 0 Å². The summed E-state index contributed by atoms with van der Waals surface area (Å²) in [4.78, 5) is 16.7. The number of amides is 1. The number of halogens is 4. The van der Waals surface area contributed by atoms with Gasteiger partial charge in [-0.3, -0.25) is 4.79 Å². The zero-order chi connectivity index (χ0) is 21.7. The van der Waals surface area contributed by atoms with E-state index < -0.39 is 22.7 Å². The highest BCUT2D eigenvalue weighted by atomic mass is 35.5. The molecule has 0 radical (unpaired) electrons. The lowest BCUT2D eigenvalue weighted by atomic mass is 9.86. The molecule has 1 aliphatic carbocycles. The van der Waals surface area contributed by atoms with Crippen LogP contribution in [0.15, 0.2) is 36.5 Å². The summed E-state index contributed by atoms with van der Waals surface area (Å²) in [6.07, 6.45) is 0.252. The molecule has 0 aliphatic heterocycles. The number of carbonyl (C=O) groups excluding carboxylic acids is 1. The summed E-state index contributed by atoms with van der Waals surface area (Å²) < 4.78 is 39.0. The predicted molar refractivity (Wildman–Crippen MR) is 108 cm³/mol. The van der Waals surface area contributed by atoms with E-state index in [9.17, 15) is 18.0 Å². The molecule has 3 rings (SSSR count). The molecular weight excluding hydrogens is 419 g/mol. The van der Waals surface area contributed by atoms with Gasteiger partial charge in [-0.2, -0.15) is 13.2 Å². The number of nitrogens with zero attached hydrogens (tertiary/aromatic N) is 1. The number of aromatic nitrogens is 1. The first kappa shape index (κ1) is 22.4. The number of rotatable bonds is 6. The summed E-state index contributed by atoms with van der Waals surface area (Å²) >= 11 is 5.84. The summed E-state index contributed by atoms with van der Waals surface area (Å²) in [7, 11) is 0.